The maximum absolute atomic E-state index is 12.8. The zero-order valence-electron chi connectivity index (χ0n) is 15.3. The Kier molecular flexibility index (Phi) is 5.54. The molecular formula is C21H22ClF3N2O. The minimum atomic E-state index is -4.35. The lowest BCUT2D eigenvalue weighted by atomic mass is 10.2. The van der Waals surface area contributed by atoms with E-state index < -0.39 is 11.7 Å². The second-order valence-corrected chi connectivity index (χ2v) is 7.91. The normalized spacial score (nSPS) is 22.7. The molecule has 0 radical (unpaired) electrons. The Morgan fingerprint density at radius 1 is 1.00 bits per heavy atom. The van der Waals surface area contributed by atoms with Gasteiger partial charge in [0.1, 0.15) is 12.4 Å². The summed E-state index contributed by atoms with van der Waals surface area (Å²) in [5, 5.41) is 0.759. The predicted octanol–water partition coefficient (Wildman–Crippen LogP) is 4.70. The van der Waals surface area contributed by atoms with Crippen LogP contribution in [0, 0.1) is 0 Å². The van der Waals surface area contributed by atoms with Gasteiger partial charge < -0.3 is 4.74 Å². The number of benzene rings is 2. The van der Waals surface area contributed by atoms with E-state index in [1.54, 1.807) is 6.07 Å². The van der Waals surface area contributed by atoms with Crippen LogP contribution < -0.4 is 4.74 Å². The third-order valence-electron chi connectivity index (χ3n) is 5.55. The van der Waals surface area contributed by atoms with Crippen LogP contribution in [-0.2, 0) is 12.7 Å². The summed E-state index contributed by atoms with van der Waals surface area (Å²) >= 11 is 6.07. The number of ether oxygens (including phenoxy) is 1. The van der Waals surface area contributed by atoms with Crippen LogP contribution in [0.4, 0.5) is 13.2 Å². The Morgan fingerprint density at radius 2 is 1.75 bits per heavy atom. The highest BCUT2D eigenvalue weighted by molar-refractivity contribution is 6.30. The van der Waals surface area contributed by atoms with Crippen molar-refractivity contribution >= 4 is 11.6 Å². The predicted molar refractivity (Wildman–Crippen MR) is 103 cm³/mol. The highest BCUT2D eigenvalue weighted by Gasteiger charge is 2.42. The molecule has 2 aliphatic heterocycles. The molecule has 2 heterocycles. The maximum Gasteiger partial charge on any atom is 0.416 e. The lowest BCUT2D eigenvalue weighted by Gasteiger charge is -2.34. The number of alkyl halides is 3. The van der Waals surface area contributed by atoms with E-state index in [0.717, 1.165) is 49.8 Å². The van der Waals surface area contributed by atoms with Crippen molar-refractivity contribution in [3.05, 3.63) is 64.7 Å². The Hall–Kier alpha value is -1.76. The van der Waals surface area contributed by atoms with E-state index in [0.29, 0.717) is 18.7 Å². The van der Waals surface area contributed by atoms with Crippen molar-refractivity contribution in [2.75, 3.05) is 26.2 Å². The minimum Gasteiger partial charge on any atom is -0.492 e. The number of nitrogens with zero attached hydrogens (tertiary/aromatic N) is 2. The number of halogens is 4. The topological polar surface area (TPSA) is 15.7 Å². The maximum atomic E-state index is 12.8. The zero-order valence-corrected chi connectivity index (χ0v) is 16.1. The molecule has 2 bridgehead atoms. The SMILES string of the molecule is FC(F)(F)c1cccc(OCCN2C[C@@H]3CC2CN3Cc2cccc(Cl)c2)c1. The second kappa shape index (κ2) is 7.93. The van der Waals surface area contributed by atoms with Crippen molar-refractivity contribution in [1.29, 1.82) is 0 Å². The van der Waals surface area contributed by atoms with Crippen LogP contribution in [0.25, 0.3) is 0 Å². The van der Waals surface area contributed by atoms with Gasteiger partial charge in [-0.05, 0) is 42.3 Å². The fourth-order valence-corrected chi connectivity index (χ4v) is 4.42. The van der Waals surface area contributed by atoms with Crippen molar-refractivity contribution in [3.63, 3.8) is 0 Å². The van der Waals surface area contributed by atoms with Crippen LogP contribution in [0.3, 0.4) is 0 Å². The summed E-state index contributed by atoms with van der Waals surface area (Å²) in [5.41, 5.74) is 0.543. The molecule has 4 rings (SSSR count). The average Bonchev–Trinajstić information content (AvgIpc) is 3.21. The van der Waals surface area contributed by atoms with E-state index in [1.807, 2.05) is 18.2 Å². The molecule has 2 atom stereocenters. The Morgan fingerprint density at radius 3 is 2.46 bits per heavy atom. The summed E-state index contributed by atoms with van der Waals surface area (Å²) in [4.78, 5) is 4.87. The number of rotatable bonds is 6. The van der Waals surface area contributed by atoms with E-state index in [9.17, 15) is 13.2 Å². The molecule has 2 aromatic rings. The first kappa shape index (κ1) is 19.6. The molecule has 1 unspecified atom stereocenters. The second-order valence-electron chi connectivity index (χ2n) is 7.47. The number of hydrogen-bond acceptors (Lipinski definition) is 3. The molecule has 3 nitrogen and oxygen atoms in total. The molecule has 2 aromatic carbocycles. The molecule has 2 saturated heterocycles. The summed E-state index contributed by atoms with van der Waals surface area (Å²) in [6.07, 6.45) is -3.22. The molecule has 7 heteroatoms. The summed E-state index contributed by atoms with van der Waals surface area (Å²) in [6.45, 7) is 3.98. The van der Waals surface area contributed by atoms with Crippen LogP contribution in [0.2, 0.25) is 5.02 Å². The third-order valence-corrected chi connectivity index (χ3v) is 5.79. The largest absolute Gasteiger partial charge is 0.492 e. The first-order valence-corrected chi connectivity index (χ1v) is 9.79. The first-order valence-electron chi connectivity index (χ1n) is 9.41. The monoisotopic (exact) mass is 410 g/mol. The number of piperazine rings is 1. The quantitative estimate of drug-likeness (QED) is 0.686. The van der Waals surface area contributed by atoms with Crippen molar-refractivity contribution in [2.45, 2.75) is 31.2 Å². The van der Waals surface area contributed by atoms with Gasteiger partial charge in [0.15, 0.2) is 0 Å². The van der Waals surface area contributed by atoms with Crippen LogP contribution in [0.15, 0.2) is 48.5 Å². The number of hydrogen-bond donors (Lipinski definition) is 0. The van der Waals surface area contributed by atoms with E-state index >= 15 is 0 Å². The third kappa shape index (κ3) is 4.45. The molecule has 0 aromatic heterocycles. The van der Waals surface area contributed by atoms with Gasteiger partial charge in [0.25, 0.3) is 0 Å². The number of fused-ring (bicyclic) bond motifs is 2. The van der Waals surface area contributed by atoms with Crippen molar-refractivity contribution in [1.82, 2.24) is 9.80 Å². The molecule has 0 aliphatic carbocycles. The van der Waals surface area contributed by atoms with E-state index in [4.69, 9.17) is 16.3 Å². The average molecular weight is 411 g/mol. The van der Waals surface area contributed by atoms with E-state index in [-0.39, 0.29) is 5.75 Å². The van der Waals surface area contributed by atoms with Gasteiger partial charge in [-0.15, -0.1) is 0 Å². The van der Waals surface area contributed by atoms with Crippen LogP contribution >= 0.6 is 11.6 Å². The standard InChI is InChI=1S/C21H22ClF3N2O/c22-17-5-1-3-15(9-17)12-27-14-18-11-19(27)13-26(18)7-8-28-20-6-2-4-16(10-20)21(23,24)25/h1-6,9-10,18-19H,7-8,11-14H2/t18?,19-/m0/s1. The van der Waals surface area contributed by atoms with Gasteiger partial charge in [0.05, 0.1) is 5.56 Å². The van der Waals surface area contributed by atoms with Gasteiger partial charge in [-0.2, -0.15) is 13.2 Å². The van der Waals surface area contributed by atoms with Crippen LogP contribution in [-0.4, -0.2) is 48.1 Å². The molecular weight excluding hydrogens is 389 g/mol. The van der Waals surface area contributed by atoms with Crippen molar-refractivity contribution in [2.24, 2.45) is 0 Å². The van der Waals surface area contributed by atoms with Crippen molar-refractivity contribution < 1.29 is 17.9 Å². The Balaban J connectivity index is 1.25. The molecule has 2 fully saturated rings. The summed E-state index contributed by atoms with van der Waals surface area (Å²) < 4.78 is 43.9. The Labute approximate surface area is 167 Å². The fraction of sp³-hybridized carbons (Fsp3) is 0.429. The van der Waals surface area contributed by atoms with E-state index in [1.165, 1.54) is 11.6 Å². The molecule has 150 valence electrons. The number of likely N-dealkylation sites (tertiary alicyclic amines) is 2. The lowest BCUT2D eigenvalue weighted by molar-refractivity contribution is -0.137. The van der Waals surface area contributed by atoms with Crippen LogP contribution in [0.1, 0.15) is 17.5 Å². The van der Waals surface area contributed by atoms with Gasteiger partial charge in [-0.25, -0.2) is 0 Å². The summed E-state index contributed by atoms with van der Waals surface area (Å²) in [6, 6.07) is 14.0. The highest BCUT2D eigenvalue weighted by atomic mass is 35.5. The molecule has 0 amide bonds. The molecule has 28 heavy (non-hydrogen) atoms. The fourth-order valence-electron chi connectivity index (χ4n) is 4.21. The first-order chi connectivity index (χ1) is 13.4. The van der Waals surface area contributed by atoms with Crippen LogP contribution in [0.5, 0.6) is 5.75 Å². The molecule has 0 spiro atoms. The van der Waals surface area contributed by atoms with Gasteiger partial charge in [0.2, 0.25) is 0 Å². The zero-order chi connectivity index (χ0) is 19.7. The van der Waals surface area contributed by atoms with E-state index in [2.05, 4.69) is 15.9 Å². The van der Waals surface area contributed by atoms with Crippen molar-refractivity contribution in [3.8, 4) is 5.75 Å². The van der Waals surface area contributed by atoms with Gasteiger partial charge in [-0.1, -0.05) is 29.8 Å². The lowest BCUT2D eigenvalue weighted by Crippen LogP contribution is -2.47. The van der Waals surface area contributed by atoms with Gasteiger partial charge in [-0.3, -0.25) is 9.80 Å². The molecule has 2 aliphatic rings. The van der Waals surface area contributed by atoms with Gasteiger partial charge >= 0.3 is 6.18 Å². The Bertz CT molecular complexity index is 829. The summed E-state index contributed by atoms with van der Waals surface area (Å²) in [7, 11) is 0. The minimum absolute atomic E-state index is 0.266. The summed E-state index contributed by atoms with van der Waals surface area (Å²) in [5.74, 6) is 0.266. The smallest absolute Gasteiger partial charge is 0.416 e. The highest BCUT2D eigenvalue weighted by Crippen LogP contribution is 2.33. The molecule has 0 saturated carbocycles. The van der Waals surface area contributed by atoms with Gasteiger partial charge in [0, 0.05) is 43.3 Å². The molecule has 0 N–H and O–H groups in total.